The van der Waals surface area contributed by atoms with E-state index in [4.69, 9.17) is 4.74 Å². The van der Waals surface area contributed by atoms with E-state index in [1.165, 1.54) is 4.31 Å². The summed E-state index contributed by atoms with van der Waals surface area (Å²) in [5, 5.41) is 0. The van der Waals surface area contributed by atoms with Gasteiger partial charge in [-0.15, -0.1) is 0 Å². The monoisotopic (exact) mass is 298 g/mol. The van der Waals surface area contributed by atoms with Gasteiger partial charge < -0.3 is 4.74 Å². The molecule has 0 saturated carbocycles. The molecule has 0 aromatic heterocycles. The summed E-state index contributed by atoms with van der Waals surface area (Å²) in [7, 11) is -3.45. The van der Waals surface area contributed by atoms with Crippen LogP contribution in [0.15, 0.2) is 24.3 Å². The van der Waals surface area contributed by atoms with E-state index in [0.717, 1.165) is 11.1 Å². The van der Waals surface area contributed by atoms with E-state index in [0.29, 0.717) is 19.6 Å². The molecule has 1 fully saturated rings. The average Bonchev–Trinajstić information content (AvgIpc) is 2.37. The molecule has 2 atom stereocenters. The maximum absolute atomic E-state index is 12.3. The maximum atomic E-state index is 12.3. The zero-order chi connectivity index (χ0) is 14.8. The third kappa shape index (κ3) is 4.02. The van der Waals surface area contributed by atoms with Crippen LogP contribution < -0.4 is 4.72 Å². The predicted octanol–water partition coefficient (Wildman–Crippen LogP) is 1.44. The van der Waals surface area contributed by atoms with E-state index in [9.17, 15) is 8.42 Å². The van der Waals surface area contributed by atoms with Crippen LogP contribution in [0.4, 0.5) is 0 Å². The van der Waals surface area contributed by atoms with Gasteiger partial charge in [-0.2, -0.15) is 17.4 Å². The first-order valence-electron chi connectivity index (χ1n) is 6.82. The molecule has 6 heteroatoms. The number of hydrogen-bond acceptors (Lipinski definition) is 3. The highest BCUT2D eigenvalue weighted by Gasteiger charge is 2.30. The largest absolute Gasteiger partial charge is 0.373 e. The van der Waals surface area contributed by atoms with Gasteiger partial charge in [0.05, 0.1) is 12.2 Å². The van der Waals surface area contributed by atoms with Gasteiger partial charge in [-0.1, -0.05) is 29.8 Å². The van der Waals surface area contributed by atoms with Crippen LogP contribution in [0, 0.1) is 6.92 Å². The van der Waals surface area contributed by atoms with Crippen LogP contribution in [0.3, 0.4) is 0 Å². The fourth-order valence-electron chi connectivity index (χ4n) is 2.30. The Morgan fingerprint density at radius 3 is 2.30 bits per heavy atom. The Morgan fingerprint density at radius 2 is 1.75 bits per heavy atom. The second kappa shape index (κ2) is 6.22. The lowest BCUT2D eigenvalue weighted by Gasteiger charge is -2.34. The molecule has 0 aliphatic carbocycles. The number of morpholine rings is 1. The highest BCUT2D eigenvalue weighted by atomic mass is 32.2. The van der Waals surface area contributed by atoms with Crippen molar-refractivity contribution in [3.05, 3.63) is 35.4 Å². The molecule has 1 saturated heterocycles. The smallest absolute Gasteiger partial charge is 0.279 e. The summed E-state index contributed by atoms with van der Waals surface area (Å²) in [4.78, 5) is 0. The summed E-state index contributed by atoms with van der Waals surface area (Å²) >= 11 is 0. The molecule has 2 rings (SSSR count). The molecule has 0 radical (unpaired) electrons. The zero-order valence-corrected chi connectivity index (χ0v) is 13.0. The minimum atomic E-state index is -3.45. The van der Waals surface area contributed by atoms with Gasteiger partial charge in [0, 0.05) is 19.6 Å². The van der Waals surface area contributed by atoms with Crippen molar-refractivity contribution in [1.82, 2.24) is 9.03 Å². The average molecular weight is 298 g/mol. The van der Waals surface area contributed by atoms with Crippen molar-refractivity contribution in [2.75, 3.05) is 13.1 Å². The minimum Gasteiger partial charge on any atom is -0.373 e. The zero-order valence-electron chi connectivity index (χ0n) is 12.2. The predicted molar refractivity (Wildman–Crippen MR) is 78.5 cm³/mol. The molecule has 1 aromatic rings. The molecule has 0 unspecified atom stereocenters. The molecular formula is C14H22N2O3S. The van der Waals surface area contributed by atoms with Gasteiger partial charge in [-0.05, 0) is 26.3 Å². The Hall–Kier alpha value is -0.950. The van der Waals surface area contributed by atoms with Gasteiger partial charge >= 0.3 is 0 Å². The summed E-state index contributed by atoms with van der Waals surface area (Å²) in [5.41, 5.74) is 2.11. The van der Waals surface area contributed by atoms with E-state index in [-0.39, 0.29) is 12.2 Å². The lowest BCUT2D eigenvalue weighted by molar-refractivity contribution is -0.0444. The topological polar surface area (TPSA) is 58.6 Å². The van der Waals surface area contributed by atoms with E-state index in [2.05, 4.69) is 4.72 Å². The molecule has 1 aliphatic heterocycles. The van der Waals surface area contributed by atoms with Crippen molar-refractivity contribution in [3.63, 3.8) is 0 Å². The van der Waals surface area contributed by atoms with E-state index >= 15 is 0 Å². The number of nitrogens with one attached hydrogen (secondary N) is 1. The minimum absolute atomic E-state index is 0.0744. The van der Waals surface area contributed by atoms with Crippen molar-refractivity contribution in [1.29, 1.82) is 0 Å². The molecule has 112 valence electrons. The third-order valence-electron chi connectivity index (χ3n) is 3.31. The molecule has 1 N–H and O–H groups in total. The first-order valence-corrected chi connectivity index (χ1v) is 8.26. The molecule has 0 spiro atoms. The molecule has 1 aliphatic rings. The number of benzene rings is 1. The van der Waals surface area contributed by atoms with Crippen LogP contribution in [-0.4, -0.2) is 38.0 Å². The van der Waals surface area contributed by atoms with Crippen molar-refractivity contribution >= 4 is 10.2 Å². The van der Waals surface area contributed by atoms with E-state index in [1.54, 1.807) is 0 Å². The van der Waals surface area contributed by atoms with Crippen LogP contribution in [0.2, 0.25) is 0 Å². The number of nitrogens with zero attached hydrogens (tertiary/aromatic N) is 1. The fourth-order valence-corrected chi connectivity index (χ4v) is 3.64. The number of ether oxygens (including phenoxy) is 1. The number of rotatable bonds is 4. The van der Waals surface area contributed by atoms with E-state index in [1.807, 2.05) is 45.0 Å². The van der Waals surface area contributed by atoms with Crippen LogP contribution in [0.25, 0.3) is 0 Å². The second-order valence-electron chi connectivity index (χ2n) is 5.39. The molecule has 0 amide bonds. The number of aryl methyl sites for hydroxylation is 1. The molecule has 1 aromatic carbocycles. The Kier molecular flexibility index (Phi) is 4.80. The molecule has 5 nitrogen and oxygen atoms in total. The Bertz CT molecular complexity index is 532. The molecular weight excluding hydrogens is 276 g/mol. The summed E-state index contributed by atoms with van der Waals surface area (Å²) in [6.07, 6.45) is -0.149. The van der Waals surface area contributed by atoms with Crippen molar-refractivity contribution in [2.24, 2.45) is 0 Å². The first-order chi connectivity index (χ1) is 9.37. The highest BCUT2D eigenvalue weighted by Crippen LogP contribution is 2.14. The van der Waals surface area contributed by atoms with Crippen molar-refractivity contribution in [2.45, 2.75) is 39.5 Å². The van der Waals surface area contributed by atoms with Crippen molar-refractivity contribution < 1.29 is 13.2 Å². The quantitative estimate of drug-likeness (QED) is 0.915. The van der Waals surface area contributed by atoms with Gasteiger partial charge in [0.1, 0.15) is 0 Å². The number of hydrogen-bond donors (Lipinski definition) is 1. The van der Waals surface area contributed by atoms with E-state index < -0.39 is 10.2 Å². The lowest BCUT2D eigenvalue weighted by Crippen LogP contribution is -2.51. The van der Waals surface area contributed by atoms with Gasteiger partial charge in [0.25, 0.3) is 10.2 Å². The van der Waals surface area contributed by atoms with Gasteiger partial charge in [0.15, 0.2) is 0 Å². The highest BCUT2D eigenvalue weighted by molar-refractivity contribution is 7.87. The first kappa shape index (κ1) is 15.4. The standard InChI is InChI=1S/C14H22N2O3S/c1-11-4-6-14(7-5-11)8-15-20(17,18)16-9-12(2)19-13(3)10-16/h4-7,12-13,15H,8-10H2,1-3H3/t12-,13-/m1/s1. The van der Waals surface area contributed by atoms with Gasteiger partial charge in [0.2, 0.25) is 0 Å². The summed E-state index contributed by atoms with van der Waals surface area (Å²) in [5.74, 6) is 0. The second-order valence-corrected chi connectivity index (χ2v) is 7.14. The molecule has 0 bridgehead atoms. The summed E-state index contributed by atoms with van der Waals surface area (Å²) in [6.45, 7) is 6.88. The van der Waals surface area contributed by atoms with Crippen LogP contribution in [0.1, 0.15) is 25.0 Å². The SMILES string of the molecule is Cc1ccc(CNS(=O)(=O)N2C[C@@H](C)O[C@H](C)C2)cc1. The Balaban J connectivity index is 1.98. The lowest BCUT2D eigenvalue weighted by atomic mass is 10.2. The maximum Gasteiger partial charge on any atom is 0.279 e. The normalized spacial score (nSPS) is 24.8. The van der Waals surface area contributed by atoms with Crippen LogP contribution >= 0.6 is 0 Å². The summed E-state index contributed by atoms with van der Waals surface area (Å²) < 4.78 is 34.2. The van der Waals surface area contributed by atoms with Crippen LogP contribution in [-0.2, 0) is 21.5 Å². The Morgan fingerprint density at radius 1 is 1.20 bits per heavy atom. The third-order valence-corrected chi connectivity index (χ3v) is 4.79. The van der Waals surface area contributed by atoms with Crippen LogP contribution in [0.5, 0.6) is 0 Å². The van der Waals surface area contributed by atoms with Crippen molar-refractivity contribution in [3.8, 4) is 0 Å². The van der Waals surface area contributed by atoms with Gasteiger partial charge in [-0.25, -0.2) is 0 Å². The Labute approximate surface area is 121 Å². The molecule has 20 heavy (non-hydrogen) atoms. The van der Waals surface area contributed by atoms with Gasteiger partial charge in [-0.3, -0.25) is 0 Å². The summed E-state index contributed by atoms with van der Waals surface area (Å²) in [6, 6.07) is 7.82. The fraction of sp³-hybridized carbons (Fsp3) is 0.571. The molecule has 1 heterocycles.